The van der Waals surface area contributed by atoms with Crippen molar-refractivity contribution < 1.29 is 9.84 Å². The fourth-order valence-corrected chi connectivity index (χ4v) is 1.98. The molecule has 0 spiro atoms. The Morgan fingerprint density at radius 3 is 2.35 bits per heavy atom. The van der Waals surface area contributed by atoms with E-state index in [1.54, 1.807) is 19.2 Å². The largest absolute Gasteiger partial charge is 0.508 e. The quantitative estimate of drug-likeness (QED) is 0.849. The average molecular weight is 228 g/mol. The lowest BCUT2D eigenvalue weighted by Gasteiger charge is -2.12. The molecule has 0 saturated carbocycles. The molecule has 0 atom stereocenters. The zero-order valence-corrected chi connectivity index (χ0v) is 10.3. The summed E-state index contributed by atoms with van der Waals surface area (Å²) in [7, 11) is 1.67. The van der Waals surface area contributed by atoms with Crippen LogP contribution in [-0.4, -0.2) is 12.2 Å². The van der Waals surface area contributed by atoms with Gasteiger partial charge in [-0.05, 0) is 49.2 Å². The zero-order valence-electron chi connectivity index (χ0n) is 10.3. The summed E-state index contributed by atoms with van der Waals surface area (Å²) in [5, 5.41) is 9.43. The Morgan fingerprint density at radius 2 is 1.71 bits per heavy atom. The van der Waals surface area contributed by atoms with E-state index < -0.39 is 0 Å². The summed E-state index contributed by atoms with van der Waals surface area (Å²) in [5.41, 5.74) is 4.37. The lowest BCUT2D eigenvalue weighted by atomic mass is 9.98. The summed E-state index contributed by atoms with van der Waals surface area (Å²) < 4.78 is 5.38. The molecule has 0 amide bonds. The summed E-state index contributed by atoms with van der Waals surface area (Å²) in [5.74, 6) is 1.14. The van der Waals surface area contributed by atoms with Crippen LogP contribution < -0.4 is 4.74 Å². The van der Waals surface area contributed by atoms with Gasteiger partial charge in [-0.1, -0.05) is 17.7 Å². The molecule has 0 aromatic heterocycles. The summed E-state index contributed by atoms with van der Waals surface area (Å²) in [6.45, 7) is 4.04. The van der Waals surface area contributed by atoms with E-state index in [2.05, 4.69) is 13.0 Å². The fourth-order valence-electron chi connectivity index (χ4n) is 1.98. The first-order chi connectivity index (χ1) is 8.11. The van der Waals surface area contributed by atoms with Gasteiger partial charge in [0.1, 0.15) is 11.5 Å². The summed E-state index contributed by atoms with van der Waals surface area (Å²) in [6.07, 6.45) is 0. The van der Waals surface area contributed by atoms with Crippen LogP contribution in [0, 0.1) is 13.8 Å². The molecular formula is C15H16O2. The second-order valence-corrected chi connectivity index (χ2v) is 4.20. The Bertz CT molecular complexity index is 545. The molecule has 88 valence electrons. The SMILES string of the molecule is COc1ccc(C)cc1-c1ccc(O)cc1C. The van der Waals surface area contributed by atoms with Gasteiger partial charge in [0.05, 0.1) is 7.11 Å². The van der Waals surface area contributed by atoms with Crippen molar-refractivity contribution in [3.63, 3.8) is 0 Å². The van der Waals surface area contributed by atoms with Gasteiger partial charge >= 0.3 is 0 Å². The molecule has 0 aliphatic carbocycles. The van der Waals surface area contributed by atoms with Gasteiger partial charge in [-0.15, -0.1) is 0 Å². The minimum atomic E-state index is 0.290. The molecule has 2 aromatic carbocycles. The molecular weight excluding hydrogens is 212 g/mol. The number of hydrogen-bond donors (Lipinski definition) is 1. The molecule has 2 aromatic rings. The van der Waals surface area contributed by atoms with Gasteiger partial charge in [0, 0.05) is 5.56 Å². The van der Waals surface area contributed by atoms with Gasteiger partial charge in [-0.2, -0.15) is 0 Å². The first kappa shape index (κ1) is 11.5. The Labute approximate surface area is 101 Å². The van der Waals surface area contributed by atoms with Crippen LogP contribution in [0.15, 0.2) is 36.4 Å². The average Bonchev–Trinajstić information content (AvgIpc) is 2.29. The Hall–Kier alpha value is -1.96. The maximum atomic E-state index is 9.43. The molecule has 0 heterocycles. The van der Waals surface area contributed by atoms with Gasteiger partial charge in [-0.3, -0.25) is 0 Å². The summed E-state index contributed by atoms with van der Waals surface area (Å²) >= 11 is 0. The molecule has 2 rings (SSSR count). The van der Waals surface area contributed by atoms with Crippen molar-refractivity contribution in [1.29, 1.82) is 0 Å². The third kappa shape index (κ3) is 2.26. The lowest BCUT2D eigenvalue weighted by Crippen LogP contribution is -1.90. The maximum absolute atomic E-state index is 9.43. The van der Waals surface area contributed by atoms with Crippen LogP contribution in [0.3, 0.4) is 0 Å². The third-order valence-electron chi connectivity index (χ3n) is 2.86. The van der Waals surface area contributed by atoms with Gasteiger partial charge in [0.25, 0.3) is 0 Å². The molecule has 0 unspecified atom stereocenters. The number of phenolic OH excluding ortho intramolecular Hbond substituents is 1. The molecule has 17 heavy (non-hydrogen) atoms. The molecule has 2 nitrogen and oxygen atoms in total. The van der Waals surface area contributed by atoms with Gasteiger partial charge in [0.2, 0.25) is 0 Å². The van der Waals surface area contributed by atoms with E-state index in [0.717, 1.165) is 22.4 Å². The van der Waals surface area contributed by atoms with Gasteiger partial charge < -0.3 is 9.84 Å². The highest BCUT2D eigenvalue weighted by Crippen LogP contribution is 2.34. The van der Waals surface area contributed by atoms with Crippen molar-refractivity contribution in [2.45, 2.75) is 13.8 Å². The van der Waals surface area contributed by atoms with Crippen LogP contribution in [0.1, 0.15) is 11.1 Å². The smallest absolute Gasteiger partial charge is 0.126 e. The van der Waals surface area contributed by atoms with Crippen LogP contribution >= 0.6 is 0 Å². The van der Waals surface area contributed by atoms with Crippen LogP contribution in [0.2, 0.25) is 0 Å². The fraction of sp³-hybridized carbons (Fsp3) is 0.200. The molecule has 0 aliphatic rings. The minimum absolute atomic E-state index is 0.290. The van der Waals surface area contributed by atoms with Crippen LogP contribution in [-0.2, 0) is 0 Å². The number of hydrogen-bond acceptors (Lipinski definition) is 2. The molecule has 1 N–H and O–H groups in total. The highest BCUT2D eigenvalue weighted by molar-refractivity contribution is 5.74. The number of aryl methyl sites for hydroxylation is 2. The normalized spacial score (nSPS) is 10.3. The number of phenols is 1. The molecule has 0 bridgehead atoms. The first-order valence-corrected chi connectivity index (χ1v) is 5.56. The second kappa shape index (κ2) is 4.50. The highest BCUT2D eigenvalue weighted by atomic mass is 16.5. The topological polar surface area (TPSA) is 29.5 Å². The number of methoxy groups -OCH3 is 1. The maximum Gasteiger partial charge on any atom is 0.126 e. The van der Waals surface area contributed by atoms with E-state index in [-0.39, 0.29) is 5.75 Å². The molecule has 0 saturated heterocycles. The summed E-state index contributed by atoms with van der Waals surface area (Å²) in [6, 6.07) is 11.5. The zero-order chi connectivity index (χ0) is 12.4. The Kier molecular flexibility index (Phi) is 3.05. The van der Waals surface area contributed by atoms with Crippen molar-refractivity contribution in [3.05, 3.63) is 47.5 Å². The Morgan fingerprint density at radius 1 is 0.941 bits per heavy atom. The van der Waals surface area contributed by atoms with E-state index in [1.807, 2.05) is 25.1 Å². The van der Waals surface area contributed by atoms with E-state index in [1.165, 1.54) is 5.56 Å². The number of ether oxygens (including phenoxy) is 1. The van der Waals surface area contributed by atoms with Crippen molar-refractivity contribution >= 4 is 0 Å². The van der Waals surface area contributed by atoms with Crippen molar-refractivity contribution in [1.82, 2.24) is 0 Å². The third-order valence-corrected chi connectivity index (χ3v) is 2.86. The molecule has 0 aliphatic heterocycles. The van der Waals surface area contributed by atoms with E-state index in [4.69, 9.17) is 4.74 Å². The molecule has 0 radical (unpaired) electrons. The summed E-state index contributed by atoms with van der Waals surface area (Å²) in [4.78, 5) is 0. The van der Waals surface area contributed by atoms with Gasteiger partial charge in [-0.25, -0.2) is 0 Å². The second-order valence-electron chi connectivity index (χ2n) is 4.20. The first-order valence-electron chi connectivity index (χ1n) is 5.56. The number of rotatable bonds is 2. The van der Waals surface area contributed by atoms with E-state index in [9.17, 15) is 5.11 Å². The van der Waals surface area contributed by atoms with E-state index >= 15 is 0 Å². The Balaban J connectivity index is 2.62. The minimum Gasteiger partial charge on any atom is -0.508 e. The molecule has 2 heteroatoms. The van der Waals surface area contributed by atoms with Crippen LogP contribution in [0.25, 0.3) is 11.1 Å². The van der Waals surface area contributed by atoms with Crippen molar-refractivity contribution in [2.24, 2.45) is 0 Å². The standard InChI is InChI=1S/C15H16O2/c1-10-4-7-15(17-3)14(8-10)13-6-5-12(16)9-11(13)2/h4-9,16H,1-3H3. The predicted molar refractivity (Wildman–Crippen MR) is 69.6 cm³/mol. The van der Waals surface area contributed by atoms with Crippen molar-refractivity contribution in [3.8, 4) is 22.6 Å². The predicted octanol–water partition coefficient (Wildman–Crippen LogP) is 3.68. The number of benzene rings is 2. The number of aromatic hydroxyl groups is 1. The highest BCUT2D eigenvalue weighted by Gasteiger charge is 2.08. The van der Waals surface area contributed by atoms with Crippen molar-refractivity contribution in [2.75, 3.05) is 7.11 Å². The van der Waals surface area contributed by atoms with E-state index in [0.29, 0.717) is 0 Å². The molecule has 0 fully saturated rings. The lowest BCUT2D eigenvalue weighted by molar-refractivity contribution is 0.416. The monoisotopic (exact) mass is 228 g/mol. The van der Waals surface area contributed by atoms with Crippen LogP contribution in [0.5, 0.6) is 11.5 Å². The van der Waals surface area contributed by atoms with Gasteiger partial charge in [0.15, 0.2) is 0 Å². The van der Waals surface area contributed by atoms with Crippen LogP contribution in [0.4, 0.5) is 0 Å².